The lowest BCUT2D eigenvalue weighted by atomic mass is 10.2. The van der Waals surface area contributed by atoms with Gasteiger partial charge in [0.05, 0.1) is 24.0 Å². The van der Waals surface area contributed by atoms with Crippen LogP contribution < -0.4 is 4.74 Å². The topological polar surface area (TPSA) is 117 Å². The van der Waals surface area contributed by atoms with Gasteiger partial charge in [0, 0.05) is 11.1 Å². The summed E-state index contributed by atoms with van der Waals surface area (Å²) in [4.78, 5) is 7.20. The number of aliphatic hydroxyl groups is 1. The number of rotatable bonds is 5. The third kappa shape index (κ3) is 2.90. The highest BCUT2D eigenvalue weighted by molar-refractivity contribution is 5.79. The highest BCUT2D eigenvalue weighted by Crippen LogP contribution is 2.32. The largest absolute Gasteiger partial charge is 0.504 e. The van der Waals surface area contributed by atoms with Crippen LogP contribution in [0.3, 0.4) is 0 Å². The number of nitrogens with one attached hydrogen (secondary N) is 1. The second-order valence-corrected chi connectivity index (χ2v) is 5.30. The van der Waals surface area contributed by atoms with Gasteiger partial charge in [-0.15, -0.1) is 10.2 Å². The predicted octanol–water partition coefficient (Wildman–Crippen LogP) is 2.36. The molecule has 0 amide bonds. The summed E-state index contributed by atoms with van der Waals surface area (Å²) in [5, 5.41) is 26.8. The zero-order valence-electron chi connectivity index (χ0n) is 13.0. The summed E-state index contributed by atoms with van der Waals surface area (Å²) in [6.45, 7) is -0.0252. The van der Waals surface area contributed by atoms with E-state index in [1.807, 2.05) is 18.2 Å². The number of aromatic amines is 1. The number of nitrogens with zero attached hydrogens (tertiary/aromatic N) is 3. The van der Waals surface area contributed by atoms with Crippen LogP contribution >= 0.6 is 0 Å². The van der Waals surface area contributed by atoms with Crippen LogP contribution in [-0.4, -0.2) is 43.6 Å². The van der Waals surface area contributed by atoms with Gasteiger partial charge < -0.3 is 24.4 Å². The molecule has 0 fully saturated rings. The van der Waals surface area contributed by atoms with E-state index in [0.29, 0.717) is 11.5 Å². The molecule has 0 spiro atoms. The highest BCUT2D eigenvalue weighted by Gasteiger charge is 2.13. The van der Waals surface area contributed by atoms with Crippen LogP contribution in [0.5, 0.6) is 11.5 Å². The Kier molecular flexibility index (Phi) is 3.79. The standard InChI is InChI=1S/C17H14N4O4/c22-5-6-24-15-4-2-11(8-14(15)23)17-21-20-16(25-17)10-1-3-12-13(7-10)19-9-18-12/h1-4,7-9,22-23H,5-6H2,(H,18,19). The lowest BCUT2D eigenvalue weighted by molar-refractivity contribution is 0.197. The molecular formula is C17H14N4O4. The number of H-pyrrole nitrogens is 1. The molecule has 2 aromatic heterocycles. The van der Waals surface area contributed by atoms with Crippen molar-refractivity contribution >= 4 is 11.0 Å². The number of aliphatic hydroxyl groups excluding tert-OH is 1. The maximum atomic E-state index is 9.99. The Labute approximate surface area is 141 Å². The summed E-state index contributed by atoms with van der Waals surface area (Å²) in [5.74, 6) is 0.863. The van der Waals surface area contributed by atoms with E-state index in [2.05, 4.69) is 20.2 Å². The van der Waals surface area contributed by atoms with Crippen LogP contribution in [0.15, 0.2) is 47.1 Å². The van der Waals surface area contributed by atoms with Crippen molar-refractivity contribution in [1.29, 1.82) is 0 Å². The molecule has 8 nitrogen and oxygen atoms in total. The number of phenols is 1. The number of fused-ring (bicyclic) bond motifs is 1. The average Bonchev–Trinajstić information content (AvgIpc) is 3.29. The molecule has 4 rings (SSSR count). The molecule has 2 aromatic carbocycles. The van der Waals surface area contributed by atoms with E-state index in [9.17, 15) is 5.11 Å². The Balaban J connectivity index is 1.63. The van der Waals surface area contributed by atoms with Gasteiger partial charge in [0.25, 0.3) is 0 Å². The van der Waals surface area contributed by atoms with E-state index in [0.717, 1.165) is 16.6 Å². The minimum Gasteiger partial charge on any atom is -0.504 e. The Bertz CT molecular complexity index is 1020. The summed E-state index contributed by atoms with van der Waals surface area (Å²) in [5.41, 5.74) is 3.06. The molecule has 126 valence electrons. The first-order valence-electron chi connectivity index (χ1n) is 7.58. The number of hydrogen-bond acceptors (Lipinski definition) is 7. The van der Waals surface area contributed by atoms with Crippen LogP contribution in [-0.2, 0) is 0 Å². The first-order valence-corrected chi connectivity index (χ1v) is 7.58. The minimum absolute atomic E-state index is 0.0652. The maximum absolute atomic E-state index is 9.99. The lowest BCUT2D eigenvalue weighted by Crippen LogP contribution is -2.01. The Hall–Kier alpha value is -3.39. The summed E-state index contributed by atoms with van der Waals surface area (Å²) in [6.07, 6.45) is 1.62. The summed E-state index contributed by atoms with van der Waals surface area (Å²) in [7, 11) is 0. The SMILES string of the molecule is OCCOc1ccc(-c2nnc(-c3ccc4nc[nH]c4c3)o2)cc1O. The van der Waals surface area contributed by atoms with Crippen LogP contribution in [0.25, 0.3) is 33.9 Å². The normalized spacial score (nSPS) is 11.1. The molecule has 0 bridgehead atoms. The smallest absolute Gasteiger partial charge is 0.248 e. The Morgan fingerprint density at radius 2 is 1.80 bits per heavy atom. The van der Waals surface area contributed by atoms with Gasteiger partial charge in [-0.05, 0) is 36.4 Å². The second kappa shape index (κ2) is 6.25. The molecule has 4 aromatic rings. The number of imidazole rings is 1. The third-order valence-corrected chi connectivity index (χ3v) is 3.65. The van der Waals surface area contributed by atoms with Crippen LogP contribution in [0, 0.1) is 0 Å². The Morgan fingerprint density at radius 1 is 1.04 bits per heavy atom. The number of aromatic nitrogens is 4. The number of benzene rings is 2. The molecule has 2 heterocycles. The number of hydrogen-bond donors (Lipinski definition) is 3. The van der Waals surface area contributed by atoms with Crippen molar-refractivity contribution < 1.29 is 19.4 Å². The van der Waals surface area contributed by atoms with Gasteiger partial charge in [0.2, 0.25) is 11.8 Å². The zero-order valence-corrected chi connectivity index (χ0v) is 13.0. The number of phenolic OH excluding ortho intramolecular Hbond substituents is 1. The molecule has 0 aliphatic rings. The number of aromatic hydroxyl groups is 1. The van der Waals surface area contributed by atoms with Crippen LogP contribution in [0.4, 0.5) is 0 Å². The molecule has 0 aliphatic carbocycles. The number of ether oxygens (including phenoxy) is 1. The quantitative estimate of drug-likeness (QED) is 0.511. The van der Waals surface area contributed by atoms with E-state index >= 15 is 0 Å². The fourth-order valence-electron chi connectivity index (χ4n) is 2.45. The summed E-state index contributed by atoms with van der Waals surface area (Å²) >= 11 is 0. The Morgan fingerprint density at radius 3 is 2.56 bits per heavy atom. The fourth-order valence-corrected chi connectivity index (χ4v) is 2.45. The first-order chi connectivity index (χ1) is 12.2. The minimum atomic E-state index is -0.130. The van der Waals surface area contributed by atoms with E-state index < -0.39 is 0 Å². The van der Waals surface area contributed by atoms with Crippen molar-refractivity contribution in [2.75, 3.05) is 13.2 Å². The molecule has 0 aliphatic heterocycles. The molecular weight excluding hydrogens is 324 g/mol. The molecule has 25 heavy (non-hydrogen) atoms. The third-order valence-electron chi connectivity index (χ3n) is 3.65. The van der Waals surface area contributed by atoms with Crippen molar-refractivity contribution in [3.8, 4) is 34.4 Å². The fraction of sp³-hybridized carbons (Fsp3) is 0.118. The van der Waals surface area contributed by atoms with Crippen molar-refractivity contribution in [3.05, 3.63) is 42.7 Å². The van der Waals surface area contributed by atoms with Gasteiger partial charge in [0.1, 0.15) is 6.61 Å². The lowest BCUT2D eigenvalue weighted by Gasteiger charge is -2.06. The van der Waals surface area contributed by atoms with Gasteiger partial charge in [0.15, 0.2) is 11.5 Å². The summed E-state index contributed by atoms with van der Waals surface area (Å²) < 4.78 is 10.9. The average molecular weight is 338 g/mol. The molecule has 8 heteroatoms. The van der Waals surface area contributed by atoms with E-state index in [-0.39, 0.29) is 30.6 Å². The predicted molar refractivity (Wildman–Crippen MR) is 89.1 cm³/mol. The zero-order chi connectivity index (χ0) is 17.2. The van der Waals surface area contributed by atoms with Crippen molar-refractivity contribution in [3.63, 3.8) is 0 Å². The van der Waals surface area contributed by atoms with Crippen LogP contribution in [0.1, 0.15) is 0 Å². The molecule has 0 atom stereocenters. The summed E-state index contributed by atoms with van der Waals surface area (Å²) in [6, 6.07) is 10.3. The molecule has 3 N–H and O–H groups in total. The second-order valence-electron chi connectivity index (χ2n) is 5.30. The van der Waals surface area contributed by atoms with E-state index in [1.54, 1.807) is 18.5 Å². The first kappa shape index (κ1) is 15.2. The van der Waals surface area contributed by atoms with Gasteiger partial charge >= 0.3 is 0 Å². The van der Waals surface area contributed by atoms with Crippen molar-refractivity contribution in [2.45, 2.75) is 0 Å². The molecule has 0 radical (unpaired) electrons. The van der Waals surface area contributed by atoms with Gasteiger partial charge in [-0.1, -0.05) is 0 Å². The maximum Gasteiger partial charge on any atom is 0.248 e. The highest BCUT2D eigenvalue weighted by atomic mass is 16.5. The molecule has 0 saturated heterocycles. The van der Waals surface area contributed by atoms with Gasteiger partial charge in [-0.2, -0.15) is 0 Å². The van der Waals surface area contributed by atoms with Crippen LogP contribution in [0.2, 0.25) is 0 Å². The van der Waals surface area contributed by atoms with Gasteiger partial charge in [-0.25, -0.2) is 4.98 Å². The molecule has 0 unspecified atom stereocenters. The van der Waals surface area contributed by atoms with E-state index in [4.69, 9.17) is 14.3 Å². The van der Waals surface area contributed by atoms with E-state index in [1.165, 1.54) is 6.07 Å². The monoisotopic (exact) mass is 338 g/mol. The van der Waals surface area contributed by atoms with Crippen molar-refractivity contribution in [1.82, 2.24) is 20.2 Å². The van der Waals surface area contributed by atoms with Crippen molar-refractivity contribution in [2.24, 2.45) is 0 Å². The molecule has 0 saturated carbocycles. The van der Waals surface area contributed by atoms with Gasteiger partial charge in [-0.3, -0.25) is 0 Å².